The van der Waals surface area contributed by atoms with Crippen LogP contribution in [-0.2, 0) is 27.4 Å². The zero-order chi connectivity index (χ0) is 19.1. The quantitative estimate of drug-likeness (QED) is 0.797. The van der Waals surface area contributed by atoms with Gasteiger partial charge in [-0.2, -0.15) is 5.10 Å². The van der Waals surface area contributed by atoms with Gasteiger partial charge in [-0.05, 0) is 37.8 Å². The van der Waals surface area contributed by atoms with Gasteiger partial charge in [-0.25, -0.2) is 18.1 Å². The first-order chi connectivity index (χ1) is 12.9. The molecule has 2 aliphatic rings. The molecule has 0 amide bonds. The molecule has 3 heterocycles. The Hall–Kier alpha value is -1.97. The van der Waals surface area contributed by atoms with Gasteiger partial charge in [0.15, 0.2) is 0 Å². The topological polar surface area (TPSA) is 89.4 Å². The zero-order valence-corrected chi connectivity index (χ0v) is 16.4. The Balaban J connectivity index is 1.48. The Morgan fingerprint density at radius 2 is 2.15 bits per heavy atom. The van der Waals surface area contributed by atoms with Crippen LogP contribution >= 0.6 is 0 Å². The van der Waals surface area contributed by atoms with Crippen molar-refractivity contribution in [3.05, 3.63) is 36.3 Å². The highest BCUT2D eigenvalue weighted by Gasteiger charge is 2.35. The second-order valence-corrected chi connectivity index (χ2v) is 9.32. The highest BCUT2D eigenvalue weighted by molar-refractivity contribution is 7.89. The fourth-order valence-electron chi connectivity index (χ4n) is 3.29. The Kier molecular flexibility index (Phi) is 4.69. The van der Waals surface area contributed by atoms with E-state index in [1.807, 2.05) is 26.4 Å². The van der Waals surface area contributed by atoms with Gasteiger partial charge in [0.05, 0.1) is 19.3 Å². The van der Waals surface area contributed by atoms with E-state index in [1.165, 1.54) is 6.20 Å². The van der Waals surface area contributed by atoms with Crippen LogP contribution in [-0.4, -0.2) is 49.4 Å². The van der Waals surface area contributed by atoms with Crippen molar-refractivity contribution in [3.8, 4) is 0 Å². The molecule has 4 rings (SSSR count). The van der Waals surface area contributed by atoms with E-state index in [4.69, 9.17) is 4.74 Å². The molecular formula is C18H25N5O3S. The minimum Gasteiger partial charge on any atom is -0.367 e. The highest BCUT2D eigenvalue weighted by atomic mass is 32.2. The van der Waals surface area contributed by atoms with Crippen molar-refractivity contribution in [2.24, 2.45) is 13.0 Å². The molecule has 2 fully saturated rings. The van der Waals surface area contributed by atoms with Crippen LogP contribution in [0, 0.1) is 5.92 Å². The molecule has 0 bridgehead atoms. The molecule has 0 spiro atoms. The zero-order valence-electron chi connectivity index (χ0n) is 15.6. The van der Waals surface area contributed by atoms with Gasteiger partial charge in [0, 0.05) is 38.1 Å². The lowest BCUT2D eigenvalue weighted by Crippen LogP contribution is -2.48. The number of nitrogens with zero attached hydrogens (tertiary/aromatic N) is 4. The van der Waals surface area contributed by atoms with E-state index in [1.54, 1.807) is 16.8 Å². The average Bonchev–Trinajstić information content (AvgIpc) is 3.39. The highest BCUT2D eigenvalue weighted by Crippen LogP contribution is 2.31. The van der Waals surface area contributed by atoms with Crippen molar-refractivity contribution in [1.82, 2.24) is 19.5 Å². The lowest BCUT2D eigenvalue weighted by atomic mass is 9.97. The Morgan fingerprint density at radius 1 is 1.33 bits per heavy atom. The molecule has 1 saturated heterocycles. The summed E-state index contributed by atoms with van der Waals surface area (Å²) in [4.78, 5) is 6.73. The van der Waals surface area contributed by atoms with Gasteiger partial charge in [0.2, 0.25) is 10.0 Å². The third-order valence-electron chi connectivity index (χ3n) is 5.20. The van der Waals surface area contributed by atoms with Crippen molar-refractivity contribution in [2.75, 3.05) is 31.1 Å². The smallest absolute Gasteiger partial charge is 0.242 e. The third-order valence-corrected chi connectivity index (χ3v) is 6.61. The SMILES string of the molecule is Cn1cc(C2(C)CN(c3ccc(S(=O)(=O)NCC4CC4)cn3)CCO2)cn1. The van der Waals surface area contributed by atoms with E-state index >= 15 is 0 Å². The van der Waals surface area contributed by atoms with Gasteiger partial charge in [-0.1, -0.05) is 0 Å². The number of sulfonamides is 1. The largest absolute Gasteiger partial charge is 0.367 e. The first-order valence-electron chi connectivity index (χ1n) is 9.19. The molecule has 1 unspecified atom stereocenters. The van der Waals surface area contributed by atoms with Crippen LogP contribution in [0.25, 0.3) is 0 Å². The molecule has 1 N–H and O–H groups in total. The molecule has 0 radical (unpaired) electrons. The van der Waals surface area contributed by atoms with Crippen LogP contribution in [0.5, 0.6) is 0 Å². The summed E-state index contributed by atoms with van der Waals surface area (Å²) < 4.78 is 35.1. The summed E-state index contributed by atoms with van der Waals surface area (Å²) >= 11 is 0. The molecule has 1 aliphatic carbocycles. The molecule has 8 nitrogen and oxygen atoms in total. The standard InChI is InChI=1S/C18H25N5O3S/c1-18(15-10-20-22(2)12-15)13-23(7-8-26-18)17-6-5-16(11-19-17)27(24,25)21-9-14-3-4-14/h5-6,10-12,14,21H,3-4,7-9,13H2,1-2H3. The summed E-state index contributed by atoms with van der Waals surface area (Å²) in [5.74, 6) is 1.24. The molecule has 1 saturated carbocycles. The summed E-state index contributed by atoms with van der Waals surface area (Å²) in [6, 6.07) is 3.38. The van der Waals surface area contributed by atoms with Gasteiger partial charge in [0.1, 0.15) is 16.3 Å². The summed E-state index contributed by atoms with van der Waals surface area (Å²) in [5, 5.41) is 4.24. The maximum absolute atomic E-state index is 12.3. The summed E-state index contributed by atoms with van der Waals surface area (Å²) in [6.07, 6.45) is 7.41. The first kappa shape index (κ1) is 18.4. The van der Waals surface area contributed by atoms with Crippen LogP contribution in [0.1, 0.15) is 25.3 Å². The van der Waals surface area contributed by atoms with Crippen molar-refractivity contribution >= 4 is 15.8 Å². The summed E-state index contributed by atoms with van der Waals surface area (Å²) in [6.45, 7) is 4.44. The van der Waals surface area contributed by atoms with E-state index in [0.29, 0.717) is 32.2 Å². The number of pyridine rings is 1. The molecule has 1 aliphatic heterocycles. The number of rotatable bonds is 6. The van der Waals surface area contributed by atoms with E-state index in [9.17, 15) is 8.42 Å². The third kappa shape index (κ3) is 3.99. The second-order valence-electron chi connectivity index (χ2n) is 7.55. The fraction of sp³-hybridized carbons (Fsp3) is 0.556. The molecule has 1 atom stereocenters. The van der Waals surface area contributed by atoms with Gasteiger partial charge in [-0.15, -0.1) is 0 Å². The van der Waals surface area contributed by atoms with Gasteiger partial charge in [0.25, 0.3) is 0 Å². The Labute approximate surface area is 159 Å². The van der Waals surface area contributed by atoms with Gasteiger partial charge < -0.3 is 9.64 Å². The van der Waals surface area contributed by atoms with E-state index in [2.05, 4.69) is 19.7 Å². The summed E-state index contributed by atoms with van der Waals surface area (Å²) in [7, 11) is -1.61. The number of hydrogen-bond donors (Lipinski definition) is 1. The van der Waals surface area contributed by atoms with Crippen molar-refractivity contribution in [3.63, 3.8) is 0 Å². The second kappa shape index (κ2) is 6.88. The predicted octanol–water partition coefficient (Wildman–Crippen LogP) is 1.26. The lowest BCUT2D eigenvalue weighted by Gasteiger charge is -2.40. The molecule has 2 aromatic rings. The van der Waals surface area contributed by atoms with Crippen LogP contribution < -0.4 is 9.62 Å². The first-order valence-corrected chi connectivity index (χ1v) is 10.7. The lowest BCUT2D eigenvalue weighted by molar-refractivity contribution is -0.0468. The number of hydrogen-bond acceptors (Lipinski definition) is 6. The molecule has 0 aromatic carbocycles. The van der Waals surface area contributed by atoms with Crippen molar-refractivity contribution in [1.29, 1.82) is 0 Å². The predicted molar refractivity (Wildman–Crippen MR) is 101 cm³/mol. The molecule has 2 aromatic heterocycles. The molecular weight excluding hydrogens is 366 g/mol. The van der Waals surface area contributed by atoms with Gasteiger partial charge >= 0.3 is 0 Å². The summed E-state index contributed by atoms with van der Waals surface area (Å²) in [5.41, 5.74) is 0.531. The van der Waals surface area contributed by atoms with Crippen LogP contribution in [0.4, 0.5) is 5.82 Å². The van der Waals surface area contributed by atoms with E-state index < -0.39 is 15.6 Å². The van der Waals surface area contributed by atoms with Crippen LogP contribution in [0.15, 0.2) is 35.6 Å². The number of anilines is 1. The molecule has 146 valence electrons. The Bertz CT molecular complexity index is 907. The Morgan fingerprint density at radius 3 is 2.78 bits per heavy atom. The number of aryl methyl sites for hydroxylation is 1. The number of aromatic nitrogens is 3. The van der Waals surface area contributed by atoms with E-state index in [0.717, 1.165) is 24.2 Å². The van der Waals surface area contributed by atoms with Crippen molar-refractivity contribution < 1.29 is 13.2 Å². The fourth-order valence-corrected chi connectivity index (χ4v) is 4.35. The van der Waals surface area contributed by atoms with Crippen molar-refractivity contribution in [2.45, 2.75) is 30.3 Å². The molecule has 9 heteroatoms. The van der Waals surface area contributed by atoms with E-state index in [-0.39, 0.29) is 4.90 Å². The van der Waals surface area contributed by atoms with Crippen LogP contribution in [0.2, 0.25) is 0 Å². The number of ether oxygens (including phenoxy) is 1. The minimum atomic E-state index is -3.49. The number of morpholine rings is 1. The average molecular weight is 391 g/mol. The monoisotopic (exact) mass is 391 g/mol. The maximum atomic E-state index is 12.3. The van der Waals surface area contributed by atoms with Crippen LogP contribution in [0.3, 0.4) is 0 Å². The minimum absolute atomic E-state index is 0.204. The van der Waals surface area contributed by atoms with Gasteiger partial charge in [-0.3, -0.25) is 4.68 Å². The normalized spacial score (nSPS) is 23.6. The maximum Gasteiger partial charge on any atom is 0.242 e. The molecule has 27 heavy (non-hydrogen) atoms. The number of nitrogens with one attached hydrogen (secondary N) is 1.